The third kappa shape index (κ3) is 4.80. The number of pyridine rings is 1. The summed E-state index contributed by atoms with van der Waals surface area (Å²) in [5.74, 6) is 0.924. The van der Waals surface area contributed by atoms with Gasteiger partial charge in [-0.1, -0.05) is 24.3 Å². The number of carbonyl (C=O) groups is 1. The SMILES string of the molecule is Cc1cccc(C)c1OC(=O)N(CCc1ccccn1)c1ccnc(Cl)n1. The molecule has 0 aliphatic carbocycles. The van der Waals surface area contributed by atoms with Gasteiger partial charge in [0.1, 0.15) is 11.6 Å². The predicted octanol–water partition coefficient (Wildman–Crippen LogP) is 4.39. The van der Waals surface area contributed by atoms with Gasteiger partial charge in [0.2, 0.25) is 5.28 Å². The number of nitrogens with zero attached hydrogens (tertiary/aromatic N) is 4. The summed E-state index contributed by atoms with van der Waals surface area (Å²) in [6.45, 7) is 4.14. The van der Waals surface area contributed by atoms with Crippen molar-refractivity contribution >= 4 is 23.5 Å². The van der Waals surface area contributed by atoms with Crippen LogP contribution in [0, 0.1) is 13.8 Å². The van der Waals surface area contributed by atoms with E-state index in [4.69, 9.17) is 16.3 Å². The van der Waals surface area contributed by atoms with Gasteiger partial charge in [-0.2, -0.15) is 0 Å². The van der Waals surface area contributed by atoms with E-state index in [0.717, 1.165) is 16.8 Å². The Labute approximate surface area is 162 Å². The van der Waals surface area contributed by atoms with Crippen LogP contribution in [0.5, 0.6) is 5.75 Å². The Morgan fingerprint density at radius 1 is 1.04 bits per heavy atom. The third-order valence-electron chi connectivity index (χ3n) is 4.02. The van der Waals surface area contributed by atoms with Crippen LogP contribution in [-0.2, 0) is 6.42 Å². The van der Waals surface area contributed by atoms with Crippen LogP contribution in [0.15, 0.2) is 54.9 Å². The minimum Gasteiger partial charge on any atom is -0.409 e. The molecule has 0 unspecified atom stereocenters. The lowest BCUT2D eigenvalue weighted by Crippen LogP contribution is -2.36. The maximum absolute atomic E-state index is 12.9. The first-order chi connectivity index (χ1) is 13.0. The molecule has 27 heavy (non-hydrogen) atoms. The normalized spacial score (nSPS) is 10.5. The zero-order valence-corrected chi connectivity index (χ0v) is 15.8. The summed E-state index contributed by atoms with van der Waals surface area (Å²) in [6.07, 6.45) is 3.24. The Hall–Kier alpha value is -2.99. The highest BCUT2D eigenvalue weighted by Crippen LogP contribution is 2.24. The van der Waals surface area contributed by atoms with Gasteiger partial charge in [-0.05, 0) is 54.8 Å². The molecule has 0 radical (unpaired) electrons. The van der Waals surface area contributed by atoms with Gasteiger partial charge in [-0.25, -0.2) is 14.8 Å². The van der Waals surface area contributed by atoms with Gasteiger partial charge in [-0.15, -0.1) is 0 Å². The van der Waals surface area contributed by atoms with Gasteiger partial charge in [-0.3, -0.25) is 9.88 Å². The molecule has 0 atom stereocenters. The van der Waals surface area contributed by atoms with Crippen LogP contribution < -0.4 is 9.64 Å². The van der Waals surface area contributed by atoms with Crippen LogP contribution >= 0.6 is 11.6 Å². The average molecular weight is 383 g/mol. The van der Waals surface area contributed by atoms with E-state index in [1.807, 2.05) is 50.2 Å². The number of hydrogen-bond donors (Lipinski definition) is 0. The number of aryl methyl sites for hydroxylation is 2. The lowest BCUT2D eigenvalue weighted by molar-refractivity contribution is 0.206. The van der Waals surface area contributed by atoms with Gasteiger partial charge in [0.05, 0.1) is 0 Å². The van der Waals surface area contributed by atoms with E-state index in [1.54, 1.807) is 12.3 Å². The molecule has 0 aliphatic heterocycles. The summed E-state index contributed by atoms with van der Waals surface area (Å²) < 4.78 is 5.68. The Morgan fingerprint density at radius 3 is 2.48 bits per heavy atom. The molecular formula is C20H19ClN4O2. The average Bonchev–Trinajstić information content (AvgIpc) is 2.66. The molecule has 1 aromatic carbocycles. The molecule has 6 nitrogen and oxygen atoms in total. The zero-order chi connectivity index (χ0) is 19.2. The molecule has 2 heterocycles. The fourth-order valence-electron chi connectivity index (χ4n) is 2.65. The fraction of sp³-hybridized carbons (Fsp3) is 0.200. The lowest BCUT2D eigenvalue weighted by Gasteiger charge is -2.22. The maximum Gasteiger partial charge on any atom is 0.420 e. The van der Waals surface area contributed by atoms with E-state index < -0.39 is 6.09 Å². The minimum absolute atomic E-state index is 0.0650. The second-order valence-corrected chi connectivity index (χ2v) is 6.33. The number of benzene rings is 1. The van der Waals surface area contributed by atoms with Crippen molar-refractivity contribution in [1.82, 2.24) is 15.0 Å². The fourth-order valence-corrected chi connectivity index (χ4v) is 2.79. The second kappa shape index (κ2) is 8.60. The Morgan fingerprint density at radius 2 is 1.81 bits per heavy atom. The zero-order valence-electron chi connectivity index (χ0n) is 15.1. The molecule has 0 N–H and O–H groups in total. The van der Waals surface area contributed by atoms with Gasteiger partial charge in [0.15, 0.2) is 0 Å². The largest absolute Gasteiger partial charge is 0.420 e. The van der Waals surface area contributed by atoms with E-state index in [2.05, 4.69) is 15.0 Å². The molecule has 7 heteroatoms. The van der Waals surface area contributed by atoms with E-state index in [-0.39, 0.29) is 5.28 Å². The van der Waals surface area contributed by atoms with Crippen molar-refractivity contribution in [2.45, 2.75) is 20.3 Å². The highest BCUT2D eigenvalue weighted by Gasteiger charge is 2.21. The molecule has 2 aromatic heterocycles. The van der Waals surface area contributed by atoms with Crippen molar-refractivity contribution in [3.05, 3.63) is 77.0 Å². The number of anilines is 1. The first-order valence-electron chi connectivity index (χ1n) is 8.48. The molecule has 138 valence electrons. The summed E-state index contributed by atoms with van der Waals surface area (Å²) >= 11 is 5.91. The number of aromatic nitrogens is 3. The van der Waals surface area contributed by atoms with Gasteiger partial charge in [0, 0.05) is 31.1 Å². The van der Waals surface area contributed by atoms with E-state index in [9.17, 15) is 4.79 Å². The first-order valence-corrected chi connectivity index (χ1v) is 8.86. The van der Waals surface area contributed by atoms with Crippen LogP contribution in [0.4, 0.5) is 10.6 Å². The van der Waals surface area contributed by atoms with Gasteiger partial charge < -0.3 is 4.74 Å². The van der Waals surface area contributed by atoms with Crippen molar-refractivity contribution in [3.63, 3.8) is 0 Å². The monoisotopic (exact) mass is 382 g/mol. The lowest BCUT2D eigenvalue weighted by atomic mass is 10.1. The molecule has 0 aliphatic rings. The Balaban J connectivity index is 1.85. The van der Waals surface area contributed by atoms with Crippen LogP contribution in [-0.4, -0.2) is 27.6 Å². The van der Waals surface area contributed by atoms with Crippen molar-refractivity contribution in [1.29, 1.82) is 0 Å². The molecule has 3 aromatic rings. The van der Waals surface area contributed by atoms with Crippen molar-refractivity contribution in [2.24, 2.45) is 0 Å². The number of carbonyl (C=O) groups excluding carboxylic acids is 1. The Kier molecular flexibility index (Phi) is 5.98. The van der Waals surface area contributed by atoms with E-state index in [0.29, 0.717) is 24.5 Å². The van der Waals surface area contributed by atoms with Crippen LogP contribution in [0.3, 0.4) is 0 Å². The second-order valence-electron chi connectivity index (χ2n) is 6.00. The molecule has 3 rings (SSSR count). The van der Waals surface area contributed by atoms with Crippen molar-refractivity contribution in [3.8, 4) is 5.75 Å². The molecule has 0 saturated heterocycles. The van der Waals surface area contributed by atoms with Crippen LogP contribution in [0.1, 0.15) is 16.8 Å². The summed E-state index contributed by atoms with van der Waals surface area (Å²) in [4.78, 5) is 26.7. The Bertz CT molecular complexity index is 914. The van der Waals surface area contributed by atoms with E-state index in [1.165, 1.54) is 11.1 Å². The predicted molar refractivity (Wildman–Crippen MR) is 104 cm³/mol. The highest BCUT2D eigenvalue weighted by molar-refractivity contribution is 6.28. The third-order valence-corrected chi connectivity index (χ3v) is 4.21. The minimum atomic E-state index is -0.530. The first kappa shape index (κ1) is 18.8. The number of hydrogen-bond acceptors (Lipinski definition) is 5. The summed E-state index contributed by atoms with van der Waals surface area (Å²) in [6, 6.07) is 13.0. The van der Waals surface area contributed by atoms with Crippen molar-refractivity contribution < 1.29 is 9.53 Å². The number of ether oxygens (including phenoxy) is 1. The number of rotatable bonds is 5. The smallest absolute Gasteiger partial charge is 0.409 e. The summed E-state index contributed by atoms with van der Waals surface area (Å²) in [5.41, 5.74) is 2.63. The number of amides is 1. The molecule has 0 spiro atoms. The highest BCUT2D eigenvalue weighted by atomic mass is 35.5. The molecular weight excluding hydrogens is 364 g/mol. The van der Waals surface area contributed by atoms with Crippen molar-refractivity contribution in [2.75, 3.05) is 11.4 Å². The topological polar surface area (TPSA) is 68.2 Å². The summed E-state index contributed by atoms with van der Waals surface area (Å²) in [7, 11) is 0. The number of para-hydroxylation sites is 1. The summed E-state index contributed by atoms with van der Waals surface area (Å²) in [5, 5.41) is 0.0650. The maximum atomic E-state index is 12.9. The molecule has 0 fully saturated rings. The number of halogens is 1. The van der Waals surface area contributed by atoms with Crippen LogP contribution in [0.2, 0.25) is 5.28 Å². The van der Waals surface area contributed by atoms with Gasteiger partial charge >= 0.3 is 6.09 Å². The molecule has 0 saturated carbocycles. The molecule has 0 bridgehead atoms. The van der Waals surface area contributed by atoms with E-state index >= 15 is 0 Å². The quantitative estimate of drug-likeness (QED) is 0.612. The van der Waals surface area contributed by atoms with Crippen LogP contribution in [0.25, 0.3) is 0 Å². The standard InChI is InChI=1S/C20H19ClN4O2/c1-14-6-5-7-15(2)18(14)27-20(26)25(17-9-12-23-19(21)24-17)13-10-16-8-3-4-11-22-16/h3-9,11-12H,10,13H2,1-2H3. The van der Waals surface area contributed by atoms with Gasteiger partial charge in [0.25, 0.3) is 0 Å². The molecule has 1 amide bonds.